The van der Waals surface area contributed by atoms with E-state index in [1.54, 1.807) is 11.3 Å². The van der Waals surface area contributed by atoms with E-state index in [0.717, 1.165) is 41.1 Å². The summed E-state index contributed by atoms with van der Waals surface area (Å²) in [4.78, 5) is 21.8. The van der Waals surface area contributed by atoms with Crippen LogP contribution in [-0.2, 0) is 6.42 Å². The van der Waals surface area contributed by atoms with E-state index in [4.69, 9.17) is 9.40 Å². The van der Waals surface area contributed by atoms with Crippen LogP contribution in [0.1, 0.15) is 23.0 Å². The van der Waals surface area contributed by atoms with Crippen LogP contribution in [0.15, 0.2) is 52.9 Å². The number of fused-ring (bicyclic) bond motifs is 2. The van der Waals surface area contributed by atoms with Crippen molar-refractivity contribution in [1.29, 1.82) is 0 Å². The smallest absolute Gasteiger partial charge is 0.289 e. The lowest BCUT2D eigenvalue weighted by Crippen LogP contribution is -2.48. The number of para-hydroxylation sites is 1. The quantitative estimate of drug-likeness (QED) is 0.513. The molecule has 6 heteroatoms. The van der Waals surface area contributed by atoms with Crippen LogP contribution in [0, 0.1) is 0 Å². The normalized spacial score (nSPS) is 14.9. The molecule has 2 aromatic carbocycles. The van der Waals surface area contributed by atoms with E-state index in [-0.39, 0.29) is 5.91 Å². The third-order valence-corrected chi connectivity index (χ3v) is 6.40. The summed E-state index contributed by atoms with van der Waals surface area (Å²) >= 11 is 1.74. The van der Waals surface area contributed by atoms with E-state index in [1.807, 2.05) is 35.2 Å². The zero-order valence-corrected chi connectivity index (χ0v) is 16.5. The number of aryl methyl sites for hydroxylation is 1. The fraction of sp³-hybridized carbons (Fsp3) is 0.273. The van der Waals surface area contributed by atoms with Crippen molar-refractivity contribution in [3.8, 4) is 0 Å². The first kappa shape index (κ1) is 17.3. The van der Waals surface area contributed by atoms with Crippen molar-refractivity contribution in [1.82, 2.24) is 9.88 Å². The summed E-state index contributed by atoms with van der Waals surface area (Å²) in [5, 5.41) is 2.00. The summed E-state index contributed by atoms with van der Waals surface area (Å²) < 4.78 is 6.97. The molecule has 0 unspecified atom stereocenters. The molecule has 0 spiro atoms. The van der Waals surface area contributed by atoms with Crippen LogP contribution >= 0.6 is 11.3 Å². The van der Waals surface area contributed by atoms with Gasteiger partial charge in [-0.1, -0.05) is 42.5 Å². The van der Waals surface area contributed by atoms with Crippen LogP contribution in [-0.4, -0.2) is 42.0 Å². The standard InChI is InChI=1S/C22H21N3O2S/c1-2-15-7-8-17-20(13-15)28-22(23-17)25-11-9-24(10-12-25)21(26)19-14-16-5-3-4-6-18(16)27-19/h3-8,13-14H,2,9-12H2,1H3. The molecule has 2 aromatic heterocycles. The monoisotopic (exact) mass is 391 g/mol. The molecule has 5 rings (SSSR count). The molecule has 28 heavy (non-hydrogen) atoms. The Balaban J connectivity index is 1.30. The number of benzene rings is 2. The van der Waals surface area contributed by atoms with E-state index < -0.39 is 0 Å². The first-order valence-electron chi connectivity index (χ1n) is 9.63. The number of carbonyl (C=O) groups is 1. The Morgan fingerprint density at radius 1 is 1.11 bits per heavy atom. The summed E-state index contributed by atoms with van der Waals surface area (Å²) in [5.74, 6) is 0.384. The number of nitrogens with zero attached hydrogens (tertiary/aromatic N) is 3. The molecule has 0 aliphatic carbocycles. The topological polar surface area (TPSA) is 49.6 Å². The second-order valence-electron chi connectivity index (χ2n) is 7.08. The molecular weight excluding hydrogens is 370 g/mol. The van der Waals surface area contributed by atoms with Crippen LogP contribution in [0.2, 0.25) is 0 Å². The van der Waals surface area contributed by atoms with Crippen molar-refractivity contribution in [2.24, 2.45) is 0 Å². The molecule has 5 nitrogen and oxygen atoms in total. The number of anilines is 1. The Bertz CT molecular complexity index is 1120. The fourth-order valence-corrected chi connectivity index (χ4v) is 4.74. The Labute approximate surface area is 167 Å². The zero-order chi connectivity index (χ0) is 19.1. The average molecular weight is 391 g/mol. The minimum absolute atomic E-state index is 0.0345. The summed E-state index contributed by atoms with van der Waals surface area (Å²) in [6.07, 6.45) is 1.03. The lowest BCUT2D eigenvalue weighted by Gasteiger charge is -2.34. The van der Waals surface area contributed by atoms with Gasteiger partial charge in [-0.2, -0.15) is 0 Å². The number of aromatic nitrogens is 1. The van der Waals surface area contributed by atoms with Crippen LogP contribution in [0.5, 0.6) is 0 Å². The SMILES string of the molecule is CCc1ccc2nc(N3CCN(C(=O)c4cc5ccccc5o4)CC3)sc2c1. The molecule has 1 aliphatic rings. The van der Waals surface area contributed by atoms with Crippen molar-refractivity contribution >= 4 is 43.6 Å². The number of amides is 1. The first-order valence-corrected chi connectivity index (χ1v) is 10.4. The van der Waals surface area contributed by atoms with Gasteiger partial charge in [0.15, 0.2) is 10.9 Å². The number of furan rings is 1. The molecule has 0 N–H and O–H groups in total. The van der Waals surface area contributed by atoms with Crippen LogP contribution in [0.4, 0.5) is 5.13 Å². The molecule has 0 radical (unpaired) electrons. The highest BCUT2D eigenvalue weighted by Gasteiger charge is 2.26. The van der Waals surface area contributed by atoms with Gasteiger partial charge in [0, 0.05) is 31.6 Å². The molecule has 0 atom stereocenters. The molecule has 1 aliphatic heterocycles. The Morgan fingerprint density at radius 2 is 1.93 bits per heavy atom. The van der Waals surface area contributed by atoms with E-state index in [0.29, 0.717) is 18.8 Å². The minimum Gasteiger partial charge on any atom is -0.451 e. The summed E-state index contributed by atoms with van der Waals surface area (Å²) in [6, 6.07) is 16.0. The molecule has 4 aromatic rings. The van der Waals surface area contributed by atoms with Gasteiger partial charge >= 0.3 is 0 Å². The number of rotatable bonds is 3. The largest absolute Gasteiger partial charge is 0.451 e. The number of hydrogen-bond acceptors (Lipinski definition) is 5. The Morgan fingerprint density at radius 3 is 2.71 bits per heavy atom. The lowest BCUT2D eigenvalue weighted by atomic mass is 10.2. The van der Waals surface area contributed by atoms with Gasteiger partial charge in [-0.25, -0.2) is 4.98 Å². The first-order chi connectivity index (χ1) is 13.7. The fourth-order valence-electron chi connectivity index (χ4n) is 3.66. The van der Waals surface area contributed by atoms with Crippen molar-refractivity contribution in [2.75, 3.05) is 31.1 Å². The maximum Gasteiger partial charge on any atom is 0.289 e. The second-order valence-corrected chi connectivity index (χ2v) is 8.09. The average Bonchev–Trinajstić information content (AvgIpc) is 3.36. The maximum absolute atomic E-state index is 12.8. The van der Waals surface area contributed by atoms with Gasteiger partial charge < -0.3 is 14.2 Å². The molecule has 0 bridgehead atoms. The number of piperazine rings is 1. The van der Waals surface area contributed by atoms with E-state index in [9.17, 15) is 4.79 Å². The van der Waals surface area contributed by atoms with E-state index in [2.05, 4.69) is 30.0 Å². The van der Waals surface area contributed by atoms with Gasteiger partial charge in [0.2, 0.25) is 0 Å². The molecule has 0 saturated carbocycles. The highest BCUT2D eigenvalue weighted by atomic mass is 32.1. The van der Waals surface area contributed by atoms with Gasteiger partial charge in [0.1, 0.15) is 5.58 Å². The van der Waals surface area contributed by atoms with Gasteiger partial charge in [-0.3, -0.25) is 4.79 Å². The van der Waals surface area contributed by atoms with Crippen LogP contribution in [0.3, 0.4) is 0 Å². The zero-order valence-electron chi connectivity index (χ0n) is 15.7. The molecule has 1 fully saturated rings. The Kier molecular flexibility index (Phi) is 4.28. The van der Waals surface area contributed by atoms with E-state index in [1.165, 1.54) is 10.3 Å². The number of carbonyl (C=O) groups excluding carboxylic acids is 1. The minimum atomic E-state index is -0.0345. The van der Waals surface area contributed by atoms with Crippen molar-refractivity contribution in [3.05, 3.63) is 59.9 Å². The highest BCUT2D eigenvalue weighted by Crippen LogP contribution is 2.30. The second kappa shape index (κ2) is 6.95. The maximum atomic E-state index is 12.8. The third-order valence-electron chi connectivity index (χ3n) is 5.32. The molecule has 1 amide bonds. The summed E-state index contributed by atoms with van der Waals surface area (Å²) in [5.41, 5.74) is 3.15. The Hall–Kier alpha value is -2.86. The predicted molar refractivity (Wildman–Crippen MR) is 113 cm³/mol. The molecule has 1 saturated heterocycles. The van der Waals surface area contributed by atoms with Gasteiger partial charge in [0.05, 0.1) is 10.2 Å². The van der Waals surface area contributed by atoms with Crippen molar-refractivity contribution < 1.29 is 9.21 Å². The van der Waals surface area contributed by atoms with E-state index >= 15 is 0 Å². The predicted octanol–water partition coefficient (Wildman–Crippen LogP) is 4.57. The van der Waals surface area contributed by atoms with Crippen molar-refractivity contribution in [2.45, 2.75) is 13.3 Å². The molecule has 142 valence electrons. The highest BCUT2D eigenvalue weighted by molar-refractivity contribution is 7.22. The lowest BCUT2D eigenvalue weighted by molar-refractivity contribution is 0.0717. The third kappa shape index (κ3) is 3.03. The number of thiazole rings is 1. The van der Waals surface area contributed by atoms with Gasteiger partial charge in [-0.15, -0.1) is 0 Å². The van der Waals surface area contributed by atoms with Crippen LogP contribution in [0.25, 0.3) is 21.2 Å². The molecular formula is C22H21N3O2S. The summed E-state index contributed by atoms with van der Waals surface area (Å²) in [7, 11) is 0. The van der Waals surface area contributed by atoms with Crippen molar-refractivity contribution in [3.63, 3.8) is 0 Å². The van der Waals surface area contributed by atoms with Crippen LogP contribution < -0.4 is 4.90 Å². The summed E-state index contributed by atoms with van der Waals surface area (Å²) in [6.45, 7) is 5.08. The molecule has 3 heterocycles. The van der Waals surface area contributed by atoms with Gasteiger partial charge in [-0.05, 0) is 36.2 Å². The van der Waals surface area contributed by atoms with Gasteiger partial charge in [0.25, 0.3) is 5.91 Å². The number of hydrogen-bond donors (Lipinski definition) is 0.